The van der Waals surface area contributed by atoms with Gasteiger partial charge < -0.3 is 0 Å². The standard InChI is InChI=1S/C19H30O/c1-7-9-10-11-17-15(5)16(14(3)4)13-18(20)19(17,6)12-8-2/h7-8,15-17H,1-3,9-13H2,4-6H3/t15-,16-,17+,19-/m0/s1. The van der Waals surface area contributed by atoms with E-state index in [0.717, 1.165) is 31.3 Å². The monoisotopic (exact) mass is 274 g/mol. The summed E-state index contributed by atoms with van der Waals surface area (Å²) in [5.74, 6) is 1.67. The number of carbonyl (C=O) groups excluding carboxylic acids is 1. The predicted molar refractivity (Wildman–Crippen MR) is 87.6 cm³/mol. The Bertz CT molecular complexity index is 393. The van der Waals surface area contributed by atoms with Gasteiger partial charge in [0.1, 0.15) is 5.78 Å². The second-order valence-corrected chi connectivity index (χ2v) is 6.68. The zero-order valence-electron chi connectivity index (χ0n) is 13.5. The topological polar surface area (TPSA) is 17.1 Å². The zero-order chi connectivity index (χ0) is 15.3. The van der Waals surface area contributed by atoms with Crippen LogP contribution in [0.3, 0.4) is 0 Å². The van der Waals surface area contributed by atoms with Crippen LogP contribution in [0.5, 0.6) is 0 Å². The van der Waals surface area contributed by atoms with E-state index in [1.54, 1.807) is 0 Å². The number of carbonyl (C=O) groups is 1. The van der Waals surface area contributed by atoms with E-state index in [0.29, 0.717) is 30.0 Å². The van der Waals surface area contributed by atoms with E-state index in [1.807, 2.05) is 12.2 Å². The molecule has 112 valence electrons. The molecule has 0 aromatic rings. The van der Waals surface area contributed by atoms with E-state index < -0.39 is 0 Å². The summed E-state index contributed by atoms with van der Waals surface area (Å²) in [5.41, 5.74) is 0.911. The van der Waals surface area contributed by atoms with Crippen molar-refractivity contribution in [3.8, 4) is 0 Å². The quantitative estimate of drug-likeness (QED) is 0.452. The van der Waals surface area contributed by atoms with Gasteiger partial charge in [-0.3, -0.25) is 4.79 Å². The lowest BCUT2D eigenvalue weighted by Crippen LogP contribution is -2.47. The van der Waals surface area contributed by atoms with Crippen molar-refractivity contribution in [2.75, 3.05) is 0 Å². The minimum absolute atomic E-state index is 0.242. The fourth-order valence-electron chi connectivity index (χ4n) is 3.94. The molecular formula is C19H30O. The van der Waals surface area contributed by atoms with Gasteiger partial charge in [-0.1, -0.05) is 38.2 Å². The molecule has 1 rings (SSSR count). The Morgan fingerprint density at radius 1 is 1.40 bits per heavy atom. The highest BCUT2D eigenvalue weighted by atomic mass is 16.1. The molecule has 0 spiro atoms. The first kappa shape index (κ1) is 16.9. The number of hydrogen-bond acceptors (Lipinski definition) is 1. The summed E-state index contributed by atoms with van der Waals surface area (Å²) < 4.78 is 0. The summed E-state index contributed by atoms with van der Waals surface area (Å²) in [5, 5.41) is 0. The molecule has 0 aromatic carbocycles. The molecule has 0 bridgehead atoms. The van der Waals surface area contributed by atoms with Crippen LogP contribution >= 0.6 is 0 Å². The lowest BCUT2D eigenvalue weighted by Gasteiger charge is -2.47. The Morgan fingerprint density at radius 2 is 2.05 bits per heavy atom. The van der Waals surface area contributed by atoms with E-state index in [-0.39, 0.29) is 5.41 Å². The van der Waals surface area contributed by atoms with Crippen LogP contribution in [-0.4, -0.2) is 5.78 Å². The molecule has 0 radical (unpaired) electrons. The number of rotatable bonds is 7. The van der Waals surface area contributed by atoms with Crippen molar-refractivity contribution >= 4 is 5.78 Å². The van der Waals surface area contributed by atoms with Crippen LogP contribution in [0.25, 0.3) is 0 Å². The fraction of sp³-hybridized carbons (Fsp3) is 0.632. The van der Waals surface area contributed by atoms with Crippen LogP contribution in [0, 0.1) is 23.2 Å². The van der Waals surface area contributed by atoms with Crippen LogP contribution in [0.4, 0.5) is 0 Å². The highest BCUT2D eigenvalue weighted by molar-refractivity contribution is 5.86. The maximum absolute atomic E-state index is 12.7. The molecule has 1 saturated carbocycles. The first-order valence-corrected chi connectivity index (χ1v) is 7.79. The second kappa shape index (κ2) is 7.06. The summed E-state index contributed by atoms with van der Waals surface area (Å²) in [7, 11) is 0. The minimum Gasteiger partial charge on any atom is -0.299 e. The van der Waals surface area contributed by atoms with E-state index in [4.69, 9.17) is 0 Å². The van der Waals surface area contributed by atoms with Gasteiger partial charge in [0, 0.05) is 11.8 Å². The molecule has 0 heterocycles. The van der Waals surface area contributed by atoms with E-state index >= 15 is 0 Å². The molecule has 0 unspecified atom stereocenters. The maximum atomic E-state index is 12.7. The number of ketones is 1. The molecule has 1 fully saturated rings. The molecular weight excluding hydrogens is 244 g/mol. The van der Waals surface area contributed by atoms with Gasteiger partial charge in [0.25, 0.3) is 0 Å². The van der Waals surface area contributed by atoms with Crippen molar-refractivity contribution < 1.29 is 4.79 Å². The van der Waals surface area contributed by atoms with Crippen LogP contribution in [0.1, 0.15) is 52.9 Å². The molecule has 0 aliphatic heterocycles. The van der Waals surface area contributed by atoms with E-state index in [2.05, 4.69) is 40.5 Å². The van der Waals surface area contributed by atoms with Crippen molar-refractivity contribution in [1.29, 1.82) is 0 Å². The Kier molecular flexibility index (Phi) is 5.98. The largest absolute Gasteiger partial charge is 0.299 e. The maximum Gasteiger partial charge on any atom is 0.139 e. The van der Waals surface area contributed by atoms with Gasteiger partial charge in [-0.05, 0) is 50.4 Å². The van der Waals surface area contributed by atoms with E-state index in [1.165, 1.54) is 0 Å². The number of hydrogen-bond donors (Lipinski definition) is 0. The number of allylic oxidation sites excluding steroid dienone is 3. The van der Waals surface area contributed by atoms with Gasteiger partial charge >= 0.3 is 0 Å². The summed E-state index contributed by atoms with van der Waals surface area (Å²) >= 11 is 0. The van der Waals surface area contributed by atoms with Crippen molar-refractivity contribution in [2.24, 2.45) is 23.2 Å². The average Bonchev–Trinajstić information content (AvgIpc) is 2.38. The summed E-state index contributed by atoms with van der Waals surface area (Å²) in [4.78, 5) is 12.7. The third kappa shape index (κ3) is 3.31. The molecule has 0 saturated heterocycles. The van der Waals surface area contributed by atoms with Crippen LogP contribution in [-0.2, 0) is 4.79 Å². The zero-order valence-corrected chi connectivity index (χ0v) is 13.5. The van der Waals surface area contributed by atoms with Gasteiger partial charge in [-0.2, -0.15) is 0 Å². The van der Waals surface area contributed by atoms with Crippen LogP contribution in [0.15, 0.2) is 37.5 Å². The molecule has 20 heavy (non-hydrogen) atoms. The smallest absolute Gasteiger partial charge is 0.139 e. The molecule has 1 nitrogen and oxygen atoms in total. The van der Waals surface area contributed by atoms with Gasteiger partial charge in [-0.15, -0.1) is 13.2 Å². The molecule has 4 atom stereocenters. The van der Waals surface area contributed by atoms with Gasteiger partial charge in [0.2, 0.25) is 0 Å². The van der Waals surface area contributed by atoms with Gasteiger partial charge in [-0.25, -0.2) is 0 Å². The Balaban J connectivity index is 3.02. The van der Waals surface area contributed by atoms with Crippen molar-refractivity contribution in [3.63, 3.8) is 0 Å². The second-order valence-electron chi connectivity index (χ2n) is 6.68. The molecule has 0 N–H and O–H groups in total. The Labute approximate surface area is 124 Å². The van der Waals surface area contributed by atoms with Gasteiger partial charge in [0.05, 0.1) is 0 Å². The third-order valence-corrected chi connectivity index (χ3v) is 5.25. The molecule has 1 aliphatic carbocycles. The number of Topliss-reactive ketones (excluding diaryl/α,β-unsaturated/α-hetero) is 1. The molecule has 0 amide bonds. The predicted octanol–water partition coefficient (Wildman–Crippen LogP) is 5.34. The van der Waals surface area contributed by atoms with Gasteiger partial charge in [0.15, 0.2) is 0 Å². The highest BCUT2D eigenvalue weighted by Crippen LogP contribution is 2.50. The summed E-state index contributed by atoms with van der Waals surface area (Å²) in [6.07, 6.45) is 8.55. The normalized spacial score (nSPS) is 33.8. The Hall–Kier alpha value is -1.11. The lowest BCUT2D eigenvalue weighted by atomic mass is 9.55. The van der Waals surface area contributed by atoms with Crippen molar-refractivity contribution in [3.05, 3.63) is 37.5 Å². The first-order valence-electron chi connectivity index (χ1n) is 7.79. The molecule has 0 aromatic heterocycles. The van der Waals surface area contributed by atoms with Crippen molar-refractivity contribution in [1.82, 2.24) is 0 Å². The SMILES string of the molecule is C=CCCC[C@@H]1[C@@H](C)[C@H](C(=C)C)CC(=O)[C@@]1(C)CC=C. The average molecular weight is 274 g/mol. The van der Waals surface area contributed by atoms with Crippen LogP contribution < -0.4 is 0 Å². The number of unbranched alkanes of at least 4 members (excludes halogenated alkanes) is 1. The third-order valence-electron chi connectivity index (χ3n) is 5.25. The molecule has 1 heteroatoms. The highest BCUT2D eigenvalue weighted by Gasteiger charge is 2.48. The van der Waals surface area contributed by atoms with Crippen LogP contribution in [0.2, 0.25) is 0 Å². The minimum atomic E-state index is -0.242. The fourth-order valence-corrected chi connectivity index (χ4v) is 3.94. The lowest BCUT2D eigenvalue weighted by molar-refractivity contribution is -0.138. The Morgan fingerprint density at radius 3 is 2.55 bits per heavy atom. The summed E-state index contributed by atoms with van der Waals surface area (Å²) in [6.45, 7) is 18.3. The first-order chi connectivity index (χ1) is 9.38. The van der Waals surface area contributed by atoms with Crippen molar-refractivity contribution in [2.45, 2.75) is 52.9 Å². The molecule has 1 aliphatic rings. The van der Waals surface area contributed by atoms with E-state index in [9.17, 15) is 4.79 Å². The summed E-state index contributed by atoms with van der Waals surface area (Å²) in [6, 6.07) is 0.